The molecule has 1 heterocycles. The Bertz CT molecular complexity index is 418. The van der Waals surface area contributed by atoms with E-state index >= 15 is 0 Å². The van der Waals surface area contributed by atoms with Crippen molar-refractivity contribution in [2.45, 2.75) is 51.2 Å². The fourth-order valence-corrected chi connectivity index (χ4v) is 3.28. The molecule has 2 rings (SSSR count). The number of ether oxygens (including phenoxy) is 2. The van der Waals surface area contributed by atoms with Crippen LogP contribution in [0.5, 0.6) is 0 Å². The maximum atomic E-state index is 12.0. The number of methoxy groups -OCH3 is 1. The van der Waals surface area contributed by atoms with Crippen LogP contribution < -0.4 is 10.6 Å². The lowest BCUT2D eigenvalue weighted by molar-refractivity contribution is -0.153. The fraction of sp³-hybridized carbons (Fsp3) is 0.857. The second-order valence-corrected chi connectivity index (χ2v) is 6.96. The zero-order valence-corrected chi connectivity index (χ0v) is 12.7. The van der Waals surface area contributed by atoms with Crippen LogP contribution in [-0.4, -0.2) is 43.4 Å². The molecule has 114 valence electrons. The summed E-state index contributed by atoms with van der Waals surface area (Å²) in [5.41, 5.74) is -1.45. The molecule has 1 saturated carbocycles. The quantitative estimate of drug-likeness (QED) is 0.745. The molecule has 0 aromatic rings. The third-order valence-electron chi connectivity index (χ3n) is 4.07. The first-order valence-corrected chi connectivity index (χ1v) is 7.01. The van der Waals surface area contributed by atoms with E-state index in [0.29, 0.717) is 19.5 Å². The van der Waals surface area contributed by atoms with Crippen LogP contribution in [0.4, 0.5) is 4.79 Å². The Morgan fingerprint density at radius 3 is 2.50 bits per heavy atom. The number of hydrogen-bond acceptors (Lipinski definition) is 5. The van der Waals surface area contributed by atoms with Gasteiger partial charge in [-0.25, -0.2) is 4.79 Å². The number of piperidine rings is 1. The molecule has 0 aromatic carbocycles. The zero-order chi connectivity index (χ0) is 15.0. The number of hydrogen-bond donors (Lipinski definition) is 2. The van der Waals surface area contributed by atoms with E-state index in [1.807, 2.05) is 20.8 Å². The Morgan fingerprint density at radius 2 is 1.90 bits per heavy atom. The van der Waals surface area contributed by atoms with Gasteiger partial charge in [0.1, 0.15) is 5.60 Å². The molecule has 2 aliphatic rings. The molecule has 1 aliphatic heterocycles. The molecule has 6 nitrogen and oxygen atoms in total. The number of carbonyl (C=O) groups excluding carboxylic acids is 2. The van der Waals surface area contributed by atoms with Gasteiger partial charge in [0.05, 0.1) is 18.1 Å². The predicted octanol–water partition coefficient (Wildman–Crippen LogP) is 1.20. The second kappa shape index (κ2) is 4.91. The molecule has 1 aliphatic carbocycles. The first kappa shape index (κ1) is 15.1. The minimum Gasteiger partial charge on any atom is -0.469 e. The van der Waals surface area contributed by atoms with Crippen LogP contribution in [0.3, 0.4) is 0 Å². The minimum absolute atomic E-state index is 0.197. The molecule has 20 heavy (non-hydrogen) atoms. The number of alkyl carbamates (subject to hydrolysis) is 1. The van der Waals surface area contributed by atoms with Crippen molar-refractivity contribution in [3.05, 3.63) is 0 Å². The Hall–Kier alpha value is -1.30. The summed E-state index contributed by atoms with van der Waals surface area (Å²) in [5, 5.41) is 6.19. The van der Waals surface area contributed by atoms with E-state index in [0.717, 1.165) is 12.8 Å². The van der Waals surface area contributed by atoms with Gasteiger partial charge in [-0.1, -0.05) is 0 Å². The molecule has 2 fully saturated rings. The number of amides is 1. The summed E-state index contributed by atoms with van der Waals surface area (Å²) in [7, 11) is 1.41. The van der Waals surface area contributed by atoms with Crippen LogP contribution in [0, 0.1) is 5.41 Å². The molecule has 2 unspecified atom stereocenters. The van der Waals surface area contributed by atoms with Crippen molar-refractivity contribution >= 4 is 12.1 Å². The Labute approximate surface area is 119 Å². The SMILES string of the molecule is COC(=O)C12CCC(NC(=O)OC(C)(C)C)(CNC1)C2. The molecule has 2 bridgehead atoms. The van der Waals surface area contributed by atoms with E-state index in [1.165, 1.54) is 7.11 Å². The summed E-state index contributed by atoms with van der Waals surface area (Å²) in [6.07, 6.45) is 1.66. The van der Waals surface area contributed by atoms with E-state index in [9.17, 15) is 9.59 Å². The summed E-state index contributed by atoms with van der Waals surface area (Å²) in [6, 6.07) is 0. The highest BCUT2D eigenvalue weighted by Crippen LogP contribution is 2.47. The summed E-state index contributed by atoms with van der Waals surface area (Å²) in [6.45, 7) is 6.76. The molecular formula is C14H24N2O4. The Kier molecular flexibility index (Phi) is 3.71. The smallest absolute Gasteiger partial charge is 0.408 e. The maximum Gasteiger partial charge on any atom is 0.408 e. The van der Waals surface area contributed by atoms with Crippen LogP contribution in [0.1, 0.15) is 40.0 Å². The summed E-state index contributed by atoms with van der Waals surface area (Å²) < 4.78 is 10.2. The number of carbonyl (C=O) groups is 2. The summed E-state index contributed by atoms with van der Waals surface area (Å²) in [5.74, 6) is -0.197. The van der Waals surface area contributed by atoms with Gasteiger partial charge in [-0.05, 0) is 40.0 Å². The lowest BCUT2D eigenvalue weighted by Gasteiger charge is -2.39. The summed E-state index contributed by atoms with van der Waals surface area (Å²) in [4.78, 5) is 24.0. The molecule has 0 radical (unpaired) electrons. The van der Waals surface area contributed by atoms with Crippen molar-refractivity contribution in [2.75, 3.05) is 20.2 Å². The molecule has 1 amide bonds. The van der Waals surface area contributed by atoms with Gasteiger partial charge in [0.25, 0.3) is 0 Å². The van der Waals surface area contributed by atoms with Crippen molar-refractivity contribution in [2.24, 2.45) is 5.41 Å². The number of nitrogens with one attached hydrogen (secondary N) is 2. The van der Waals surface area contributed by atoms with Crippen molar-refractivity contribution in [3.8, 4) is 0 Å². The van der Waals surface area contributed by atoms with Crippen LogP contribution in [0.2, 0.25) is 0 Å². The highest BCUT2D eigenvalue weighted by Gasteiger charge is 2.56. The molecule has 2 N–H and O–H groups in total. The van der Waals surface area contributed by atoms with Crippen molar-refractivity contribution in [1.82, 2.24) is 10.6 Å². The van der Waals surface area contributed by atoms with E-state index in [1.54, 1.807) is 0 Å². The van der Waals surface area contributed by atoms with Crippen molar-refractivity contribution in [1.29, 1.82) is 0 Å². The first-order chi connectivity index (χ1) is 9.20. The monoisotopic (exact) mass is 284 g/mol. The third-order valence-corrected chi connectivity index (χ3v) is 4.07. The largest absolute Gasteiger partial charge is 0.469 e. The number of fused-ring (bicyclic) bond motifs is 2. The lowest BCUT2D eigenvalue weighted by Crippen LogP contribution is -2.60. The number of rotatable bonds is 2. The highest BCUT2D eigenvalue weighted by molar-refractivity contribution is 5.79. The van der Waals surface area contributed by atoms with Crippen LogP contribution in [0.25, 0.3) is 0 Å². The minimum atomic E-state index is -0.527. The van der Waals surface area contributed by atoms with Gasteiger partial charge < -0.3 is 20.1 Å². The first-order valence-electron chi connectivity index (χ1n) is 7.01. The molecular weight excluding hydrogens is 260 g/mol. The highest BCUT2D eigenvalue weighted by atomic mass is 16.6. The molecule has 1 saturated heterocycles. The second-order valence-electron chi connectivity index (χ2n) is 6.96. The number of esters is 1. The molecule has 2 atom stereocenters. The molecule has 6 heteroatoms. The van der Waals surface area contributed by atoms with Gasteiger partial charge in [-0.2, -0.15) is 0 Å². The average Bonchev–Trinajstić information content (AvgIpc) is 2.58. The van der Waals surface area contributed by atoms with E-state index in [2.05, 4.69) is 10.6 Å². The maximum absolute atomic E-state index is 12.0. The predicted molar refractivity (Wildman–Crippen MR) is 73.3 cm³/mol. The third kappa shape index (κ3) is 2.90. The van der Waals surface area contributed by atoms with Crippen LogP contribution >= 0.6 is 0 Å². The van der Waals surface area contributed by atoms with E-state index in [-0.39, 0.29) is 5.97 Å². The van der Waals surface area contributed by atoms with Gasteiger partial charge >= 0.3 is 12.1 Å². The van der Waals surface area contributed by atoms with E-state index in [4.69, 9.17) is 9.47 Å². The van der Waals surface area contributed by atoms with Crippen LogP contribution in [0.15, 0.2) is 0 Å². The topological polar surface area (TPSA) is 76.7 Å². The normalized spacial score (nSPS) is 32.6. The average molecular weight is 284 g/mol. The molecule has 0 aromatic heterocycles. The summed E-state index contributed by atoms with van der Waals surface area (Å²) >= 11 is 0. The van der Waals surface area contributed by atoms with E-state index < -0.39 is 22.6 Å². The fourth-order valence-electron chi connectivity index (χ4n) is 3.28. The Balaban J connectivity index is 2.06. The van der Waals surface area contributed by atoms with Crippen LogP contribution in [-0.2, 0) is 14.3 Å². The van der Waals surface area contributed by atoms with Gasteiger partial charge in [0, 0.05) is 13.1 Å². The van der Waals surface area contributed by atoms with Gasteiger partial charge in [0.15, 0.2) is 0 Å². The van der Waals surface area contributed by atoms with Crippen molar-refractivity contribution < 1.29 is 19.1 Å². The standard InChI is InChI=1S/C14H24N2O4/c1-12(2,3)20-11(18)16-14-6-5-13(7-14,8-15-9-14)10(17)19-4/h15H,5-9H2,1-4H3,(H,16,18). The molecule has 0 spiro atoms. The van der Waals surface area contributed by atoms with Crippen molar-refractivity contribution in [3.63, 3.8) is 0 Å². The van der Waals surface area contributed by atoms with Gasteiger partial charge in [0.2, 0.25) is 0 Å². The zero-order valence-electron chi connectivity index (χ0n) is 12.7. The Morgan fingerprint density at radius 1 is 1.20 bits per heavy atom. The lowest BCUT2D eigenvalue weighted by atomic mass is 9.80. The van der Waals surface area contributed by atoms with Gasteiger partial charge in [-0.15, -0.1) is 0 Å². The van der Waals surface area contributed by atoms with Gasteiger partial charge in [-0.3, -0.25) is 4.79 Å².